The number of benzene rings is 2. The summed E-state index contributed by atoms with van der Waals surface area (Å²) in [7, 11) is -2.10. The maximum Gasteiger partial charge on any atom is 0.260 e. The van der Waals surface area contributed by atoms with Crippen molar-refractivity contribution in [3.8, 4) is 17.6 Å². The van der Waals surface area contributed by atoms with Crippen molar-refractivity contribution in [1.82, 2.24) is 9.21 Å². The average molecular weight is 415 g/mol. The number of amides is 1. The van der Waals surface area contributed by atoms with E-state index in [0.29, 0.717) is 17.1 Å². The Balaban J connectivity index is 1.55. The zero-order valence-electron chi connectivity index (χ0n) is 15.9. The van der Waals surface area contributed by atoms with Gasteiger partial charge in [0.15, 0.2) is 6.61 Å². The summed E-state index contributed by atoms with van der Waals surface area (Å²) in [5.74, 6) is 0.798. The van der Waals surface area contributed by atoms with Gasteiger partial charge in [-0.2, -0.15) is 9.57 Å². The number of carbonyl (C=O) groups excluding carboxylic acids is 1. The Hall–Kier alpha value is -3.09. The van der Waals surface area contributed by atoms with Crippen molar-refractivity contribution >= 4 is 15.9 Å². The topological polar surface area (TPSA) is 99.9 Å². The molecule has 0 spiro atoms. The zero-order chi connectivity index (χ0) is 20.9. The molecule has 29 heavy (non-hydrogen) atoms. The summed E-state index contributed by atoms with van der Waals surface area (Å²) in [6.45, 7) is 0.833. The molecule has 0 radical (unpaired) electrons. The summed E-state index contributed by atoms with van der Waals surface area (Å²) in [5.41, 5.74) is 0.451. The number of hydrogen-bond acceptors (Lipinski definition) is 6. The van der Waals surface area contributed by atoms with Gasteiger partial charge in [0.25, 0.3) is 5.91 Å². The third-order valence-corrected chi connectivity index (χ3v) is 6.53. The van der Waals surface area contributed by atoms with Crippen LogP contribution in [-0.2, 0) is 14.8 Å². The van der Waals surface area contributed by atoms with Crippen LogP contribution in [0, 0.1) is 11.3 Å². The fourth-order valence-electron chi connectivity index (χ4n) is 2.97. The van der Waals surface area contributed by atoms with Crippen molar-refractivity contribution in [2.45, 2.75) is 4.90 Å². The van der Waals surface area contributed by atoms with Gasteiger partial charge in [-0.3, -0.25) is 4.79 Å². The number of sulfonamides is 1. The van der Waals surface area contributed by atoms with Crippen LogP contribution < -0.4 is 9.47 Å². The predicted octanol–water partition coefficient (Wildman–Crippen LogP) is 1.48. The van der Waals surface area contributed by atoms with Gasteiger partial charge < -0.3 is 14.4 Å². The van der Waals surface area contributed by atoms with Gasteiger partial charge in [0.05, 0.1) is 23.6 Å². The van der Waals surface area contributed by atoms with Crippen LogP contribution in [0.4, 0.5) is 0 Å². The Labute approximate surface area is 169 Å². The van der Waals surface area contributed by atoms with E-state index in [1.165, 1.54) is 23.5 Å². The molecule has 9 heteroatoms. The largest absolute Gasteiger partial charge is 0.497 e. The van der Waals surface area contributed by atoms with Crippen LogP contribution in [0.5, 0.6) is 11.5 Å². The molecule has 1 saturated heterocycles. The second-order valence-corrected chi connectivity index (χ2v) is 8.33. The Kier molecular flexibility index (Phi) is 6.36. The van der Waals surface area contributed by atoms with E-state index >= 15 is 0 Å². The number of nitriles is 1. The molecule has 1 amide bonds. The summed E-state index contributed by atoms with van der Waals surface area (Å²) in [5, 5.41) is 8.90. The smallest absolute Gasteiger partial charge is 0.260 e. The van der Waals surface area contributed by atoms with E-state index in [1.807, 2.05) is 6.07 Å². The maximum absolute atomic E-state index is 12.8. The number of ether oxygens (including phenoxy) is 2. The van der Waals surface area contributed by atoms with Gasteiger partial charge >= 0.3 is 0 Å². The summed E-state index contributed by atoms with van der Waals surface area (Å²) in [6, 6.07) is 14.8. The van der Waals surface area contributed by atoms with Crippen LogP contribution in [0.25, 0.3) is 0 Å². The molecule has 0 N–H and O–H groups in total. The number of methoxy groups -OCH3 is 1. The molecular formula is C20H21N3O5S. The Morgan fingerprint density at radius 3 is 2.38 bits per heavy atom. The second-order valence-electron chi connectivity index (χ2n) is 6.39. The van der Waals surface area contributed by atoms with Gasteiger partial charge in [0.2, 0.25) is 10.0 Å². The molecule has 0 aliphatic carbocycles. The van der Waals surface area contributed by atoms with Crippen LogP contribution >= 0.6 is 0 Å². The van der Waals surface area contributed by atoms with Crippen LogP contribution in [-0.4, -0.2) is 63.4 Å². The monoisotopic (exact) mass is 415 g/mol. The molecule has 0 atom stereocenters. The molecular weight excluding hydrogens is 394 g/mol. The highest BCUT2D eigenvalue weighted by Crippen LogP contribution is 2.21. The molecule has 1 aliphatic rings. The number of hydrogen-bond donors (Lipinski definition) is 0. The van der Waals surface area contributed by atoms with E-state index in [4.69, 9.17) is 14.7 Å². The molecule has 0 bridgehead atoms. The van der Waals surface area contributed by atoms with Crippen molar-refractivity contribution in [3.63, 3.8) is 0 Å². The molecule has 1 heterocycles. The lowest BCUT2D eigenvalue weighted by atomic mass is 10.2. The number of nitrogens with zero attached hydrogens (tertiary/aromatic N) is 3. The summed E-state index contributed by atoms with van der Waals surface area (Å²) >= 11 is 0. The fraction of sp³-hybridized carbons (Fsp3) is 0.300. The maximum atomic E-state index is 12.8. The average Bonchev–Trinajstić information content (AvgIpc) is 2.77. The lowest BCUT2D eigenvalue weighted by Crippen LogP contribution is -2.51. The van der Waals surface area contributed by atoms with Crippen molar-refractivity contribution in [1.29, 1.82) is 5.26 Å². The molecule has 0 unspecified atom stereocenters. The number of piperazine rings is 1. The van der Waals surface area contributed by atoms with Gasteiger partial charge in [0.1, 0.15) is 11.5 Å². The molecule has 8 nitrogen and oxygen atoms in total. The van der Waals surface area contributed by atoms with E-state index in [1.54, 1.807) is 41.3 Å². The van der Waals surface area contributed by atoms with Crippen LogP contribution in [0.3, 0.4) is 0 Å². The molecule has 152 valence electrons. The minimum Gasteiger partial charge on any atom is -0.497 e. The van der Waals surface area contributed by atoms with Gasteiger partial charge in [-0.15, -0.1) is 0 Å². The molecule has 2 aromatic carbocycles. The molecule has 1 aliphatic heterocycles. The van der Waals surface area contributed by atoms with E-state index < -0.39 is 10.0 Å². The molecule has 1 fully saturated rings. The standard InChI is InChI=1S/C20H21N3O5S/c1-27-17-5-7-19(8-6-17)29(25,26)23-11-9-22(10-12-23)20(24)15-28-18-4-2-3-16(13-18)14-21/h2-8,13H,9-12,15H2,1H3. The first kappa shape index (κ1) is 20.6. The molecule has 0 aromatic heterocycles. The summed E-state index contributed by atoms with van der Waals surface area (Å²) < 4.78 is 37.4. The Morgan fingerprint density at radius 2 is 1.76 bits per heavy atom. The van der Waals surface area contributed by atoms with Crippen molar-refractivity contribution < 1.29 is 22.7 Å². The first-order valence-corrected chi connectivity index (χ1v) is 10.4. The summed E-state index contributed by atoms with van der Waals surface area (Å²) in [6.07, 6.45) is 0. The van der Waals surface area contributed by atoms with Gasteiger partial charge in [0, 0.05) is 26.2 Å². The lowest BCUT2D eigenvalue weighted by molar-refractivity contribution is -0.134. The van der Waals surface area contributed by atoms with Gasteiger partial charge in [-0.05, 0) is 42.5 Å². The first-order valence-electron chi connectivity index (χ1n) is 8.99. The third kappa shape index (κ3) is 4.85. The Bertz CT molecular complexity index is 1010. The SMILES string of the molecule is COc1ccc(S(=O)(=O)N2CCN(C(=O)COc3cccc(C#N)c3)CC2)cc1. The van der Waals surface area contributed by atoms with Crippen molar-refractivity contribution in [2.24, 2.45) is 0 Å². The molecule has 3 rings (SSSR count). The second kappa shape index (κ2) is 8.94. The third-order valence-electron chi connectivity index (χ3n) is 4.61. The Morgan fingerprint density at radius 1 is 1.07 bits per heavy atom. The quantitative estimate of drug-likeness (QED) is 0.709. The highest BCUT2D eigenvalue weighted by atomic mass is 32.2. The van der Waals surface area contributed by atoms with Gasteiger partial charge in [-0.1, -0.05) is 6.07 Å². The van der Waals surface area contributed by atoms with Crippen molar-refractivity contribution in [3.05, 3.63) is 54.1 Å². The molecule has 0 saturated carbocycles. The van der Waals surface area contributed by atoms with E-state index in [9.17, 15) is 13.2 Å². The minimum atomic E-state index is -3.62. The zero-order valence-corrected chi connectivity index (χ0v) is 16.8. The highest BCUT2D eigenvalue weighted by molar-refractivity contribution is 7.89. The minimum absolute atomic E-state index is 0.167. The van der Waals surface area contributed by atoms with Crippen LogP contribution in [0.15, 0.2) is 53.4 Å². The highest BCUT2D eigenvalue weighted by Gasteiger charge is 2.30. The van der Waals surface area contributed by atoms with E-state index in [2.05, 4.69) is 0 Å². The normalized spacial score (nSPS) is 14.8. The number of rotatable bonds is 6. The first-order chi connectivity index (χ1) is 13.9. The molecule has 2 aromatic rings. The fourth-order valence-corrected chi connectivity index (χ4v) is 4.39. The lowest BCUT2D eigenvalue weighted by Gasteiger charge is -2.34. The van der Waals surface area contributed by atoms with Gasteiger partial charge in [-0.25, -0.2) is 8.42 Å². The van der Waals surface area contributed by atoms with E-state index in [-0.39, 0.29) is 43.6 Å². The van der Waals surface area contributed by atoms with Crippen molar-refractivity contribution in [2.75, 3.05) is 39.9 Å². The van der Waals surface area contributed by atoms with E-state index in [0.717, 1.165) is 0 Å². The number of carbonyl (C=O) groups is 1. The van der Waals surface area contributed by atoms with Crippen LogP contribution in [0.2, 0.25) is 0 Å². The predicted molar refractivity (Wildman–Crippen MR) is 105 cm³/mol. The summed E-state index contributed by atoms with van der Waals surface area (Å²) in [4.78, 5) is 14.1. The van der Waals surface area contributed by atoms with Crippen LogP contribution in [0.1, 0.15) is 5.56 Å².